The highest BCUT2D eigenvalue weighted by Crippen LogP contribution is 2.62. The predicted molar refractivity (Wildman–Crippen MR) is 133 cm³/mol. The number of rotatable bonds is 4. The fourth-order valence-electron chi connectivity index (χ4n) is 6.05. The first kappa shape index (κ1) is 22.6. The van der Waals surface area contributed by atoms with E-state index in [1.807, 2.05) is 19.2 Å². The largest absolute Gasteiger partial charge is 0.377 e. The molecule has 0 aromatic heterocycles. The molecule has 3 atom stereocenters. The summed E-state index contributed by atoms with van der Waals surface area (Å²) >= 11 is 6.00. The van der Waals surface area contributed by atoms with Crippen molar-refractivity contribution in [1.82, 2.24) is 15.5 Å². The number of benzene rings is 1. The van der Waals surface area contributed by atoms with Gasteiger partial charge in [0.15, 0.2) is 5.96 Å². The van der Waals surface area contributed by atoms with Gasteiger partial charge >= 0.3 is 0 Å². The van der Waals surface area contributed by atoms with Crippen molar-refractivity contribution < 1.29 is 4.74 Å². The van der Waals surface area contributed by atoms with E-state index < -0.39 is 0 Å². The molecule has 4 fully saturated rings. The maximum Gasteiger partial charge on any atom is 0.191 e. The topological polar surface area (TPSA) is 48.9 Å². The molecule has 1 aromatic carbocycles. The molecule has 0 bridgehead atoms. The number of fused-ring (bicyclic) bond motifs is 2. The number of nitrogens with one attached hydrogen (secondary N) is 2. The van der Waals surface area contributed by atoms with Gasteiger partial charge in [0.2, 0.25) is 0 Å². The van der Waals surface area contributed by atoms with Gasteiger partial charge < -0.3 is 15.4 Å². The number of piperidine rings is 1. The third-order valence-corrected chi connectivity index (χ3v) is 8.05. The number of hydrogen-bond acceptors (Lipinski definition) is 3. The van der Waals surface area contributed by atoms with Crippen LogP contribution in [0, 0.1) is 11.3 Å². The summed E-state index contributed by atoms with van der Waals surface area (Å²) in [5.41, 5.74) is 1.73. The van der Waals surface area contributed by atoms with Crippen LogP contribution in [-0.2, 0) is 11.3 Å². The Morgan fingerprint density at radius 3 is 2.53 bits per heavy atom. The first-order valence-corrected chi connectivity index (χ1v) is 11.6. The fraction of sp³-hybridized carbons (Fsp3) is 0.696. The highest BCUT2D eigenvalue weighted by Gasteiger charge is 2.66. The Hall–Kier alpha value is -0.570. The zero-order chi connectivity index (χ0) is 19.8. The predicted octanol–water partition coefficient (Wildman–Crippen LogP) is 4.05. The standard InChI is InChI=1S/C23H33ClN4O.HI/c1-25-22(27-20-19-9-14-29-21(19)23(20)10-2-11-23)26-18-7-12-28(13-8-18)15-16-3-5-17(24)6-4-16;/h3-6,18-21H,2,7-15H2,1H3,(H2,25,26,27);1H. The van der Waals surface area contributed by atoms with Crippen molar-refractivity contribution >= 4 is 41.5 Å². The number of guanidine groups is 1. The summed E-state index contributed by atoms with van der Waals surface area (Å²) in [5.74, 6) is 1.66. The minimum Gasteiger partial charge on any atom is -0.377 e. The van der Waals surface area contributed by atoms with Gasteiger partial charge in [-0.3, -0.25) is 9.89 Å². The maximum atomic E-state index is 6.06. The van der Waals surface area contributed by atoms with Crippen LogP contribution in [0.4, 0.5) is 0 Å². The average molecular weight is 545 g/mol. The van der Waals surface area contributed by atoms with E-state index in [1.165, 1.54) is 31.2 Å². The zero-order valence-corrected chi connectivity index (χ0v) is 20.9. The van der Waals surface area contributed by atoms with E-state index in [-0.39, 0.29) is 24.0 Å². The SMILES string of the molecule is CN=C(NC1CCN(Cc2ccc(Cl)cc2)CC1)NC1C2CCOC2C12CCC2.I. The van der Waals surface area contributed by atoms with Crippen molar-refractivity contribution in [2.75, 3.05) is 26.7 Å². The van der Waals surface area contributed by atoms with Crippen molar-refractivity contribution in [3.63, 3.8) is 0 Å². The minimum absolute atomic E-state index is 0. The maximum absolute atomic E-state index is 6.06. The second-order valence-corrected chi connectivity index (χ2v) is 9.78. The quantitative estimate of drug-likeness (QED) is 0.341. The van der Waals surface area contributed by atoms with Crippen LogP contribution in [0.25, 0.3) is 0 Å². The Balaban J connectivity index is 0.00000218. The lowest BCUT2D eigenvalue weighted by Crippen LogP contribution is -2.72. The molecule has 1 spiro atoms. The molecule has 30 heavy (non-hydrogen) atoms. The van der Waals surface area contributed by atoms with Crippen molar-refractivity contribution in [2.24, 2.45) is 16.3 Å². The Kier molecular flexibility index (Phi) is 7.17. The van der Waals surface area contributed by atoms with Crippen LogP contribution in [0.3, 0.4) is 0 Å². The highest BCUT2D eigenvalue weighted by molar-refractivity contribution is 14.0. The van der Waals surface area contributed by atoms with Crippen LogP contribution in [0.1, 0.15) is 44.1 Å². The Morgan fingerprint density at radius 1 is 1.17 bits per heavy atom. The van der Waals surface area contributed by atoms with Gasteiger partial charge in [-0.25, -0.2) is 0 Å². The Labute approximate surface area is 202 Å². The molecule has 2 aliphatic carbocycles. The Bertz CT molecular complexity index is 746. The third kappa shape index (κ3) is 4.21. The van der Waals surface area contributed by atoms with Gasteiger partial charge in [0.1, 0.15) is 0 Å². The second kappa shape index (κ2) is 9.51. The summed E-state index contributed by atoms with van der Waals surface area (Å²) in [6.45, 7) is 4.17. The molecule has 2 N–H and O–H groups in total. The van der Waals surface area contributed by atoms with Crippen molar-refractivity contribution in [2.45, 2.75) is 63.3 Å². The van der Waals surface area contributed by atoms with E-state index in [0.29, 0.717) is 29.5 Å². The number of aliphatic imine (C=N–C) groups is 1. The van der Waals surface area contributed by atoms with Crippen LogP contribution < -0.4 is 10.6 Å². The van der Waals surface area contributed by atoms with E-state index >= 15 is 0 Å². The smallest absolute Gasteiger partial charge is 0.191 e. The number of likely N-dealkylation sites (tertiary alicyclic amines) is 1. The van der Waals surface area contributed by atoms with Gasteiger partial charge in [-0.2, -0.15) is 0 Å². The average Bonchev–Trinajstić information content (AvgIpc) is 3.12. The van der Waals surface area contributed by atoms with Gasteiger partial charge in [0.25, 0.3) is 0 Å². The van der Waals surface area contributed by atoms with Gasteiger partial charge in [-0.05, 0) is 49.8 Å². The van der Waals surface area contributed by atoms with Crippen LogP contribution >= 0.6 is 35.6 Å². The van der Waals surface area contributed by atoms with Crippen LogP contribution in [0.2, 0.25) is 5.02 Å². The van der Waals surface area contributed by atoms with Gasteiger partial charge in [0, 0.05) is 61.7 Å². The summed E-state index contributed by atoms with van der Waals surface area (Å²) in [7, 11) is 1.90. The Morgan fingerprint density at radius 2 is 1.90 bits per heavy atom. The van der Waals surface area contributed by atoms with E-state index in [2.05, 4.69) is 32.7 Å². The van der Waals surface area contributed by atoms with Crippen LogP contribution in [0.15, 0.2) is 29.3 Å². The molecule has 0 radical (unpaired) electrons. The molecular weight excluding hydrogens is 511 g/mol. The fourth-order valence-corrected chi connectivity index (χ4v) is 6.18. The second-order valence-electron chi connectivity index (χ2n) is 9.35. The normalized spacial score (nSPS) is 30.7. The molecule has 5 nitrogen and oxygen atoms in total. The van der Waals surface area contributed by atoms with Crippen LogP contribution in [-0.4, -0.2) is 55.8 Å². The molecule has 2 heterocycles. The lowest BCUT2D eigenvalue weighted by Gasteiger charge is -2.63. The summed E-state index contributed by atoms with van der Waals surface area (Å²) in [4.78, 5) is 7.10. The lowest BCUT2D eigenvalue weighted by atomic mass is 9.46. The number of hydrogen-bond donors (Lipinski definition) is 2. The van der Waals surface area contributed by atoms with E-state index in [4.69, 9.17) is 16.3 Å². The molecular formula is C23H34ClIN4O. The van der Waals surface area contributed by atoms with E-state index in [0.717, 1.165) is 50.1 Å². The van der Waals surface area contributed by atoms with E-state index in [1.54, 1.807) is 0 Å². The van der Waals surface area contributed by atoms with E-state index in [9.17, 15) is 0 Å². The molecule has 4 aliphatic rings. The van der Waals surface area contributed by atoms with Crippen molar-refractivity contribution in [1.29, 1.82) is 0 Å². The zero-order valence-electron chi connectivity index (χ0n) is 17.8. The first-order chi connectivity index (χ1) is 14.2. The molecule has 1 aromatic rings. The molecule has 5 rings (SSSR count). The molecule has 2 saturated heterocycles. The molecule has 2 saturated carbocycles. The minimum atomic E-state index is 0. The molecule has 2 aliphatic heterocycles. The number of halogens is 2. The summed E-state index contributed by atoms with van der Waals surface area (Å²) in [6.07, 6.45) is 7.98. The third-order valence-electron chi connectivity index (χ3n) is 7.80. The van der Waals surface area contributed by atoms with Gasteiger partial charge in [0.05, 0.1) is 6.10 Å². The van der Waals surface area contributed by atoms with Crippen molar-refractivity contribution in [3.05, 3.63) is 34.9 Å². The summed E-state index contributed by atoms with van der Waals surface area (Å²) in [6, 6.07) is 9.27. The number of nitrogens with zero attached hydrogens (tertiary/aromatic N) is 2. The lowest BCUT2D eigenvalue weighted by molar-refractivity contribution is -0.171. The highest BCUT2D eigenvalue weighted by atomic mass is 127. The van der Waals surface area contributed by atoms with Gasteiger partial charge in [-0.15, -0.1) is 24.0 Å². The first-order valence-electron chi connectivity index (χ1n) is 11.3. The monoisotopic (exact) mass is 544 g/mol. The summed E-state index contributed by atoms with van der Waals surface area (Å²) < 4.78 is 6.06. The van der Waals surface area contributed by atoms with Crippen LogP contribution in [0.5, 0.6) is 0 Å². The molecule has 0 amide bonds. The molecule has 7 heteroatoms. The number of ether oxygens (including phenoxy) is 1. The summed E-state index contributed by atoms with van der Waals surface area (Å²) in [5, 5.41) is 8.33. The molecule has 166 valence electrons. The molecule has 3 unspecified atom stereocenters. The van der Waals surface area contributed by atoms with Crippen molar-refractivity contribution in [3.8, 4) is 0 Å². The van der Waals surface area contributed by atoms with Gasteiger partial charge in [-0.1, -0.05) is 30.2 Å².